The average Bonchev–Trinajstić information content (AvgIpc) is 2.69. The van der Waals surface area contributed by atoms with Crippen molar-refractivity contribution in [2.75, 3.05) is 0 Å². The Balaban J connectivity index is 2.71. The van der Waals surface area contributed by atoms with E-state index in [1.54, 1.807) is 22.6 Å². The van der Waals surface area contributed by atoms with Crippen LogP contribution in [0.5, 0.6) is 0 Å². The molecule has 2 aromatic rings. The number of aldehydes is 1. The van der Waals surface area contributed by atoms with Gasteiger partial charge in [-0.05, 0) is 13.8 Å². The third kappa shape index (κ3) is 1.44. The molecular weight excluding hydrogens is 204 g/mol. The first kappa shape index (κ1) is 10.6. The van der Waals surface area contributed by atoms with Gasteiger partial charge in [0.05, 0.1) is 11.3 Å². The molecule has 84 valence electrons. The van der Waals surface area contributed by atoms with E-state index in [2.05, 4.69) is 10.2 Å². The zero-order valence-corrected chi connectivity index (χ0v) is 9.85. The first-order chi connectivity index (χ1) is 7.54. The van der Waals surface area contributed by atoms with Crippen LogP contribution in [0.25, 0.3) is 11.3 Å². The topological polar surface area (TPSA) is 52.7 Å². The summed E-state index contributed by atoms with van der Waals surface area (Å²) in [4.78, 5) is 11.0. The predicted molar refractivity (Wildman–Crippen MR) is 60.3 cm³/mol. The van der Waals surface area contributed by atoms with Crippen LogP contribution in [0.2, 0.25) is 0 Å². The van der Waals surface area contributed by atoms with Gasteiger partial charge in [0, 0.05) is 31.5 Å². The van der Waals surface area contributed by atoms with E-state index in [9.17, 15) is 4.79 Å². The molecule has 0 saturated heterocycles. The fourth-order valence-electron chi connectivity index (χ4n) is 1.90. The molecule has 2 heterocycles. The van der Waals surface area contributed by atoms with E-state index < -0.39 is 0 Å². The summed E-state index contributed by atoms with van der Waals surface area (Å²) in [6.07, 6.45) is 2.54. The van der Waals surface area contributed by atoms with Gasteiger partial charge < -0.3 is 0 Å². The second-order valence-corrected chi connectivity index (χ2v) is 3.89. The van der Waals surface area contributed by atoms with Gasteiger partial charge >= 0.3 is 0 Å². The van der Waals surface area contributed by atoms with Crippen molar-refractivity contribution in [3.05, 3.63) is 23.1 Å². The molecule has 0 bridgehead atoms. The van der Waals surface area contributed by atoms with Crippen molar-refractivity contribution in [2.45, 2.75) is 13.8 Å². The zero-order chi connectivity index (χ0) is 11.9. The largest absolute Gasteiger partial charge is 0.298 e. The molecule has 0 aliphatic carbocycles. The Kier molecular flexibility index (Phi) is 2.38. The second kappa shape index (κ2) is 3.59. The first-order valence-corrected chi connectivity index (χ1v) is 5.04. The smallest absolute Gasteiger partial charge is 0.153 e. The predicted octanol–water partition coefficient (Wildman–Crippen LogP) is 1.25. The molecule has 0 spiro atoms. The Morgan fingerprint density at radius 2 is 1.94 bits per heavy atom. The minimum absolute atomic E-state index is 0.599. The van der Waals surface area contributed by atoms with Crippen LogP contribution < -0.4 is 0 Å². The fourth-order valence-corrected chi connectivity index (χ4v) is 1.90. The lowest BCUT2D eigenvalue weighted by molar-refractivity contribution is 0.112. The number of aryl methyl sites for hydroxylation is 3. The van der Waals surface area contributed by atoms with Gasteiger partial charge in [-0.3, -0.25) is 14.2 Å². The van der Waals surface area contributed by atoms with Crippen molar-refractivity contribution in [1.29, 1.82) is 0 Å². The lowest BCUT2D eigenvalue weighted by Crippen LogP contribution is -1.94. The van der Waals surface area contributed by atoms with E-state index in [4.69, 9.17) is 0 Å². The molecule has 0 saturated carbocycles. The van der Waals surface area contributed by atoms with Crippen LogP contribution in [0.3, 0.4) is 0 Å². The normalized spacial score (nSPS) is 10.8. The zero-order valence-electron chi connectivity index (χ0n) is 9.85. The summed E-state index contributed by atoms with van der Waals surface area (Å²) in [5.74, 6) is 0. The third-order valence-corrected chi connectivity index (χ3v) is 2.73. The van der Waals surface area contributed by atoms with Crippen LogP contribution in [-0.4, -0.2) is 25.8 Å². The van der Waals surface area contributed by atoms with Gasteiger partial charge in [0.2, 0.25) is 0 Å². The molecule has 0 N–H and O–H groups in total. The molecule has 0 radical (unpaired) electrons. The summed E-state index contributed by atoms with van der Waals surface area (Å²) in [5.41, 5.74) is 4.16. The highest BCUT2D eigenvalue weighted by atomic mass is 16.1. The van der Waals surface area contributed by atoms with Gasteiger partial charge in [-0.25, -0.2) is 0 Å². The number of carbonyl (C=O) groups excluding carboxylic acids is 1. The standard InChI is InChI=1S/C11H14N4O/c1-7-10(8(2)15(4)12-7)11-9(6-16)5-14(3)13-11/h5-6H,1-4H3. The minimum Gasteiger partial charge on any atom is -0.298 e. The Hall–Kier alpha value is -1.91. The molecule has 0 unspecified atom stereocenters. The van der Waals surface area contributed by atoms with Gasteiger partial charge in [-0.2, -0.15) is 10.2 Å². The molecule has 16 heavy (non-hydrogen) atoms. The lowest BCUT2D eigenvalue weighted by Gasteiger charge is -1.98. The average molecular weight is 218 g/mol. The molecule has 0 atom stereocenters. The van der Waals surface area contributed by atoms with Crippen molar-refractivity contribution >= 4 is 6.29 Å². The van der Waals surface area contributed by atoms with Crippen LogP contribution in [0.15, 0.2) is 6.20 Å². The van der Waals surface area contributed by atoms with E-state index in [0.29, 0.717) is 11.3 Å². The van der Waals surface area contributed by atoms with Crippen LogP contribution >= 0.6 is 0 Å². The minimum atomic E-state index is 0.599. The maximum absolute atomic E-state index is 11.0. The van der Waals surface area contributed by atoms with Crippen molar-refractivity contribution < 1.29 is 4.79 Å². The van der Waals surface area contributed by atoms with Gasteiger partial charge in [0.25, 0.3) is 0 Å². The molecule has 0 aliphatic rings. The number of hydrogen-bond donors (Lipinski definition) is 0. The molecule has 5 nitrogen and oxygen atoms in total. The summed E-state index contributed by atoms with van der Waals surface area (Å²) >= 11 is 0. The van der Waals surface area contributed by atoms with Crippen molar-refractivity contribution in [2.24, 2.45) is 14.1 Å². The fraction of sp³-hybridized carbons (Fsp3) is 0.364. The van der Waals surface area contributed by atoms with Crippen LogP contribution in [0, 0.1) is 13.8 Å². The Morgan fingerprint density at radius 1 is 1.25 bits per heavy atom. The van der Waals surface area contributed by atoms with Gasteiger partial charge in [-0.1, -0.05) is 0 Å². The summed E-state index contributed by atoms with van der Waals surface area (Å²) in [7, 11) is 3.69. The number of carbonyl (C=O) groups is 1. The highest BCUT2D eigenvalue weighted by Crippen LogP contribution is 2.27. The van der Waals surface area contributed by atoms with E-state index in [0.717, 1.165) is 23.2 Å². The Bertz CT molecular complexity index is 551. The maximum Gasteiger partial charge on any atom is 0.153 e. The number of aromatic nitrogens is 4. The second-order valence-electron chi connectivity index (χ2n) is 3.89. The molecule has 2 rings (SSSR count). The van der Waals surface area contributed by atoms with Gasteiger partial charge in [0.1, 0.15) is 5.69 Å². The molecule has 5 heteroatoms. The molecule has 0 amide bonds. The number of nitrogens with zero attached hydrogens (tertiary/aromatic N) is 4. The summed E-state index contributed by atoms with van der Waals surface area (Å²) in [5, 5.41) is 8.64. The molecule has 2 aromatic heterocycles. The van der Waals surface area contributed by atoms with Crippen molar-refractivity contribution in [3.8, 4) is 11.3 Å². The van der Waals surface area contributed by atoms with Crippen molar-refractivity contribution in [1.82, 2.24) is 19.6 Å². The maximum atomic E-state index is 11.0. The van der Waals surface area contributed by atoms with E-state index in [1.165, 1.54) is 0 Å². The Labute approximate surface area is 93.7 Å². The number of rotatable bonds is 2. The van der Waals surface area contributed by atoms with Crippen molar-refractivity contribution in [3.63, 3.8) is 0 Å². The third-order valence-electron chi connectivity index (χ3n) is 2.73. The van der Waals surface area contributed by atoms with E-state index >= 15 is 0 Å². The highest BCUT2D eigenvalue weighted by Gasteiger charge is 2.17. The summed E-state index contributed by atoms with van der Waals surface area (Å²) < 4.78 is 3.44. The molecule has 0 fully saturated rings. The molecule has 0 aliphatic heterocycles. The van der Waals surface area contributed by atoms with Gasteiger partial charge in [0.15, 0.2) is 6.29 Å². The van der Waals surface area contributed by atoms with E-state index in [-0.39, 0.29) is 0 Å². The molecule has 0 aromatic carbocycles. The summed E-state index contributed by atoms with van der Waals surface area (Å²) in [6, 6.07) is 0. The Morgan fingerprint density at radius 3 is 2.44 bits per heavy atom. The summed E-state index contributed by atoms with van der Waals surface area (Å²) in [6.45, 7) is 3.89. The first-order valence-electron chi connectivity index (χ1n) is 5.04. The lowest BCUT2D eigenvalue weighted by atomic mass is 10.1. The highest BCUT2D eigenvalue weighted by molar-refractivity contribution is 5.86. The van der Waals surface area contributed by atoms with E-state index in [1.807, 2.05) is 20.9 Å². The molecular formula is C11H14N4O. The quantitative estimate of drug-likeness (QED) is 0.713. The van der Waals surface area contributed by atoms with Gasteiger partial charge in [-0.15, -0.1) is 0 Å². The van der Waals surface area contributed by atoms with Crippen LogP contribution in [0.1, 0.15) is 21.7 Å². The SMILES string of the molecule is Cc1nn(C)c(C)c1-c1nn(C)cc1C=O. The van der Waals surface area contributed by atoms with Crippen LogP contribution in [0.4, 0.5) is 0 Å². The monoisotopic (exact) mass is 218 g/mol. The number of hydrogen-bond acceptors (Lipinski definition) is 3. The van der Waals surface area contributed by atoms with Crippen LogP contribution in [-0.2, 0) is 14.1 Å².